The van der Waals surface area contributed by atoms with Crippen LogP contribution in [-0.2, 0) is 0 Å². The first-order valence-corrected chi connectivity index (χ1v) is 7.26. The average Bonchev–Trinajstić information content (AvgIpc) is 2.49. The van der Waals surface area contributed by atoms with Gasteiger partial charge in [0.05, 0.1) is 14.2 Å². The minimum atomic E-state index is 0.500. The van der Waals surface area contributed by atoms with E-state index in [4.69, 9.17) is 9.47 Å². The second-order valence-corrected chi connectivity index (χ2v) is 5.14. The first-order valence-electron chi connectivity index (χ1n) is 7.26. The molecule has 0 N–H and O–H groups in total. The molecular formula is C16H25NO2. The summed E-state index contributed by atoms with van der Waals surface area (Å²) in [6.45, 7) is 4.69. The number of benzene rings is 1. The molecule has 1 atom stereocenters. The third-order valence-electron chi connectivity index (χ3n) is 4.01. The Morgan fingerprint density at radius 2 is 1.74 bits per heavy atom. The Labute approximate surface area is 116 Å². The summed E-state index contributed by atoms with van der Waals surface area (Å²) in [7, 11) is 3.38. The fraction of sp³-hybridized carbons (Fsp3) is 0.625. The van der Waals surface area contributed by atoms with Crippen LogP contribution in [0.2, 0.25) is 0 Å². The average molecular weight is 263 g/mol. The standard InChI is InChI=1S/C16H25NO2/c1-4-14(17-10-6-5-7-11-17)13-8-9-15(18-2)16(12-13)19-3/h8-9,12,14H,4-7,10-11H2,1-3H3. The van der Waals surface area contributed by atoms with Crippen LogP contribution in [0.4, 0.5) is 0 Å². The van der Waals surface area contributed by atoms with Crippen LogP contribution in [0.15, 0.2) is 18.2 Å². The monoisotopic (exact) mass is 263 g/mol. The van der Waals surface area contributed by atoms with Crippen molar-refractivity contribution in [1.82, 2.24) is 4.90 Å². The van der Waals surface area contributed by atoms with Crippen molar-refractivity contribution in [3.05, 3.63) is 23.8 Å². The lowest BCUT2D eigenvalue weighted by Gasteiger charge is -2.34. The number of ether oxygens (including phenoxy) is 2. The number of rotatable bonds is 5. The van der Waals surface area contributed by atoms with Gasteiger partial charge in [-0.15, -0.1) is 0 Å². The van der Waals surface area contributed by atoms with E-state index in [0.29, 0.717) is 6.04 Å². The number of likely N-dealkylation sites (tertiary alicyclic amines) is 1. The minimum absolute atomic E-state index is 0.500. The van der Waals surface area contributed by atoms with Gasteiger partial charge < -0.3 is 9.47 Å². The quantitative estimate of drug-likeness (QED) is 0.809. The Kier molecular flexibility index (Phi) is 5.08. The zero-order valence-electron chi connectivity index (χ0n) is 12.3. The number of piperidine rings is 1. The van der Waals surface area contributed by atoms with Crippen molar-refractivity contribution in [2.45, 2.75) is 38.6 Å². The summed E-state index contributed by atoms with van der Waals surface area (Å²) in [6, 6.07) is 6.81. The van der Waals surface area contributed by atoms with Gasteiger partial charge in [-0.1, -0.05) is 19.4 Å². The molecule has 19 heavy (non-hydrogen) atoms. The van der Waals surface area contributed by atoms with E-state index in [0.717, 1.165) is 17.9 Å². The summed E-state index contributed by atoms with van der Waals surface area (Å²) in [6.07, 6.45) is 5.15. The molecular weight excluding hydrogens is 238 g/mol. The molecule has 0 spiro atoms. The van der Waals surface area contributed by atoms with Gasteiger partial charge in [-0.25, -0.2) is 0 Å². The van der Waals surface area contributed by atoms with Crippen LogP contribution < -0.4 is 9.47 Å². The van der Waals surface area contributed by atoms with E-state index in [2.05, 4.69) is 24.0 Å². The second-order valence-electron chi connectivity index (χ2n) is 5.14. The van der Waals surface area contributed by atoms with Crippen LogP contribution in [0.1, 0.15) is 44.2 Å². The molecule has 1 unspecified atom stereocenters. The predicted octanol–water partition coefficient (Wildman–Crippen LogP) is 3.64. The van der Waals surface area contributed by atoms with E-state index in [1.54, 1.807) is 14.2 Å². The third-order valence-corrected chi connectivity index (χ3v) is 4.01. The molecule has 1 aromatic rings. The molecule has 0 amide bonds. The van der Waals surface area contributed by atoms with Gasteiger partial charge in [-0.3, -0.25) is 4.90 Å². The number of methoxy groups -OCH3 is 2. The minimum Gasteiger partial charge on any atom is -0.493 e. The highest BCUT2D eigenvalue weighted by atomic mass is 16.5. The summed E-state index contributed by atoms with van der Waals surface area (Å²) in [5, 5.41) is 0. The van der Waals surface area contributed by atoms with Gasteiger partial charge in [0.1, 0.15) is 0 Å². The molecule has 3 nitrogen and oxygen atoms in total. The molecule has 0 aromatic heterocycles. The summed E-state index contributed by atoms with van der Waals surface area (Å²) >= 11 is 0. The lowest BCUT2D eigenvalue weighted by atomic mass is 9.99. The van der Waals surface area contributed by atoms with Crippen molar-refractivity contribution in [3.63, 3.8) is 0 Å². The van der Waals surface area contributed by atoms with E-state index in [1.807, 2.05) is 6.07 Å². The van der Waals surface area contributed by atoms with Crippen LogP contribution in [0.3, 0.4) is 0 Å². The van der Waals surface area contributed by atoms with Gasteiger partial charge in [0.15, 0.2) is 11.5 Å². The Balaban J connectivity index is 2.22. The van der Waals surface area contributed by atoms with Crippen molar-refractivity contribution in [1.29, 1.82) is 0 Å². The topological polar surface area (TPSA) is 21.7 Å². The van der Waals surface area contributed by atoms with Crippen LogP contribution in [0.25, 0.3) is 0 Å². The first kappa shape index (κ1) is 14.2. The molecule has 3 heteroatoms. The number of nitrogens with zero attached hydrogens (tertiary/aromatic N) is 1. The van der Waals surface area contributed by atoms with Crippen LogP contribution in [0, 0.1) is 0 Å². The Morgan fingerprint density at radius 3 is 2.32 bits per heavy atom. The van der Waals surface area contributed by atoms with Crippen LogP contribution >= 0.6 is 0 Å². The lowest BCUT2D eigenvalue weighted by molar-refractivity contribution is 0.159. The van der Waals surface area contributed by atoms with Gasteiger partial charge >= 0.3 is 0 Å². The van der Waals surface area contributed by atoms with Crippen LogP contribution in [0.5, 0.6) is 11.5 Å². The first-order chi connectivity index (χ1) is 9.30. The van der Waals surface area contributed by atoms with Crippen molar-refractivity contribution >= 4 is 0 Å². The van der Waals surface area contributed by atoms with E-state index in [1.165, 1.54) is 37.9 Å². The van der Waals surface area contributed by atoms with Crippen LogP contribution in [-0.4, -0.2) is 32.2 Å². The highest BCUT2D eigenvalue weighted by Crippen LogP contribution is 2.34. The van der Waals surface area contributed by atoms with Gasteiger partial charge in [0.25, 0.3) is 0 Å². The third kappa shape index (κ3) is 3.21. The van der Waals surface area contributed by atoms with E-state index < -0.39 is 0 Å². The molecule has 1 fully saturated rings. The van der Waals surface area contributed by atoms with Gasteiger partial charge in [-0.05, 0) is 50.0 Å². The molecule has 2 rings (SSSR count). The highest BCUT2D eigenvalue weighted by molar-refractivity contribution is 5.43. The van der Waals surface area contributed by atoms with Crippen molar-refractivity contribution in [3.8, 4) is 11.5 Å². The largest absolute Gasteiger partial charge is 0.493 e. The molecule has 1 aliphatic rings. The Morgan fingerprint density at radius 1 is 1.05 bits per heavy atom. The zero-order chi connectivity index (χ0) is 13.7. The van der Waals surface area contributed by atoms with Gasteiger partial charge in [0.2, 0.25) is 0 Å². The van der Waals surface area contributed by atoms with E-state index in [9.17, 15) is 0 Å². The smallest absolute Gasteiger partial charge is 0.161 e. The summed E-state index contributed by atoms with van der Waals surface area (Å²) < 4.78 is 10.7. The molecule has 1 aromatic carbocycles. The summed E-state index contributed by atoms with van der Waals surface area (Å²) in [5.74, 6) is 1.63. The molecule has 1 heterocycles. The molecule has 0 aliphatic carbocycles. The highest BCUT2D eigenvalue weighted by Gasteiger charge is 2.21. The Bertz CT molecular complexity index is 400. The Hall–Kier alpha value is -1.22. The molecule has 1 saturated heterocycles. The number of hydrogen-bond acceptors (Lipinski definition) is 3. The molecule has 0 saturated carbocycles. The molecule has 0 bridgehead atoms. The predicted molar refractivity (Wildman–Crippen MR) is 78.0 cm³/mol. The molecule has 1 aliphatic heterocycles. The zero-order valence-corrected chi connectivity index (χ0v) is 12.3. The maximum Gasteiger partial charge on any atom is 0.161 e. The maximum atomic E-state index is 5.42. The fourth-order valence-corrected chi connectivity index (χ4v) is 2.99. The molecule has 0 radical (unpaired) electrons. The van der Waals surface area contributed by atoms with Gasteiger partial charge in [-0.2, -0.15) is 0 Å². The summed E-state index contributed by atoms with van der Waals surface area (Å²) in [4.78, 5) is 2.60. The van der Waals surface area contributed by atoms with Crippen molar-refractivity contribution in [2.24, 2.45) is 0 Å². The SMILES string of the molecule is CCC(c1ccc(OC)c(OC)c1)N1CCCCC1. The van der Waals surface area contributed by atoms with E-state index >= 15 is 0 Å². The van der Waals surface area contributed by atoms with Gasteiger partial charge in [0, 0.05) is 6.04 Å². The second kappa shape index (κ2) is 6.80. The van der Waals surface area contributed by atoms with E-state index in [-0.39, 0.29) is 0 Å². The lowest BCUT2D eigenvalue weighted by Crippen LogP contribution is -2.33. The van der Waals surface area contributed by atoms with Crippen molar-refractivity contribution < 1.29 is 9.47 Å². The number of hydrogen-bond donors (Lipinski definition) is 0. The summed E-state index contributed by atoms with van der Waals surface area (Å²) in [5.41, 5.74) is 1.34. The molecule has 106 valence electrons. The normalized spacial score (nSPS) is 18.1. The van der Waals surface area contributed by atoms with Crippen molar-refractivity contribution in [2.75, 3.05) is 27.3 Å². The maximum absolute atomic E-state index is 5.42. The fourth-order valence-electron chi connectivity index (χ4n) is 2.99.